The van der Waals surface area contributed by atoms with E-state index < -0.39 is 0 Å². The smallest absolute Gasteiger partial charge is 0.0406 e. The normalized spacial score (nSPS) is 15.8. The van der Waals surface area contributed by atoms with Gasteiger partial charge in [-0.05, 0) is 58.4 Å². The summed E-state index contributed by atoms with van der Waals surface area (Å²) in [5.74, 6) is 2.74. The van der Waals surface area contributed by atoms with Crippen molar-refractivity contribution in [3.05, 3.63) is 75.8 Å². The predicted octanol–water partition coefficient (Wildman–Crippen LogP) is 5.43. The Labute approximate surface area is 131 Å². The van der Waals surface area contributed by atoms with E-state index in [0.29, 0.717) is 0 Å². The van der Waals surface area contributed by atoms with Crippen LogP contribution in [0, 0.1) is 12.3 Å². The molecule has 21 heavy (non-hydrogen) atoms. The maximum absolute atomic E-state index is 6.00. The predicted molar refractivity (Wildman–Crippen MR) is 90.6 cm³/mol. The van der Waals surface area contributed by atoms with Crippen LogP contribution >= 0.6 is 11.6 Å². The minimum atomic E-state index is 0.137. The lowest BCUT2D eigenvalue weighted by Crippen LogP contribution is -2.21. The zero-order valence-corrected chi connectivity index (χ0v) is 13.0. The molecule has 0 saturated carbocycles. The highest BCUT2D eigenvalue weighted by Crippen LogP contribution is 2.41. The molecule has 0 saturated heterocycles. The highest BCUT2D eigenvalue weighted by molar-refractivity contribution is 6.30. The number of hydrogen-bond acceptors (Lipinski definition) is 0. The third-order valence-electron chi connectivity index (χ3n) is 4.18. The second-order valence-corrected chi connectivity index (χ2v) is 6.55. The van der Waals surface area contributed by atoms with E-state index >= 15 is 0 Å². The van der Waals surface area contributed by atoms with Gasteiger partial charge in [-0.2, -0.15) is 0 Å². The van der Waals surface area contributed by atoms with Gasteiger partial charge < -0.3 is 0 Å². The molecule has 0 nitrogen and oxygen atoms in total. The Morgan fingerprint density at radius 3 is 2.48 bits per heavy atom. The van der Waals surface area contributed by atoms with Gasteiger partial charge in [0.25, 0.3) is 0 Å². The van der Waals surface area contributed by atoms with Crippen LogP contribution in [-0.2, 0) is 5.41 Å². The zero-order chi connectivity index (χ0) is 15.0. The number of rotatable bonds is 1. The SMILES string of the molecule is C#Cc1ccc2c(c1)C(c1ccc(Cl)cc1)=CCC2(C)C. The third-order valence-corrected chi connectivity index (χ3v) is 4.43. The zero-order valence-electron chi connectivity index (χ0n) is 12.3. The van der Waals surface area contributed by atoms with Gasteiger partial charge in [0.05, 0.1) is 0 Å². The number of halogens is 1. The van der Waals surface area contributed by atoms with Gasteiger partial charge in [-0.25, -0.2) is 0 Å². The molecular formula is C20H17Cl. The molecule has 2 aromatic carbocycles. The van der Waals surface area contributed by atoms with Crippen LogP contribution < -0.4 is 0 Å². The molecule has 0 aromatic heterocycles. The van der Waals surface area contributed by atoms with Crippen LogP contribution in [0.5, 0.6) is 0 Å². The van der Waals surface area contributed by atoms with Crippen LogP contribution in [0.25, 0.3) is 5.57 Å². The average Bonchev–Trinajstić information content (AvgIpc) is 2.48. The number of terminal acetylenes is 1. The van der Waals surface area contributed by atoms with E-state index in [2.05, 4.69) is 50.1 Å². The lowest BCUT2D eigenvalue weighted by Gasteiger charge is -2.32. The summed E-state index contributed by atoms with van der Waals surface area (Å²) in [5.41, 5.74) is 6.09. The van der Waals surface area contributed by atoms with Gasteiger partial charge in [0.2, 0.25) is 0 Å². The summed E-state index contributed by atoms with van der Waals surface area (Å²) in [6.45, 7) is 4.55. The summed E-state index contributed by atoms with van der Waals surface area (Å²) in [4.78, 5) is 0. The molecule has 0 unspecified atom stereocenters. The molecule has 0 atom stereocenters. The van der Waals surface area contributed by atoms with Crippen LogP contribution in [0.1, 0.15) is 42.5 Å². The molecule has 1 aliphatic rings. The van der Waals surface area contributed by atoms with Crippen LogP contribution in [0.2, 0.25) is 5.02 Å². The highest BCUT2D eigenvalue weighted by Gasteiger charge is 2.28. The molecule has 0 N–H and O–H groups in total. The summed E-state index contributed by atoms with van der Waals surface area (Å²) >= 11 is 6.00. The molecule has 104 valence electrons. The summed E-state index contributed by atoms with van der Waals surface area (Å²) < 4.78 is 0. The van der Waals surface area contributed by atoms with Gasteiger partial charge in [0, 0.05) is 10.6 Å². The van der Waals surface area contributed by atoms with E-state index in [9.17, 15) is 0 Å². The van der Waals surface area contributed by atoms with E-state index in [0.717, 1.165) is 17.0 Å². The van der Waals surface area contributed by atoms with Crippen molar-refractivity contribution in [2.75, 3.05) is 0 Å². The Bertz CT molecular complexity index is 755. The quantitative estimate of drug-likeness (QED) is 0.614. The first-order valence-electron chi connectivity index (χ1n) is 7.09. The van der Waals surface area contributed by atoms with Crippen LogP contribution in [0.15, 0.2) is 48.5 Å². The lowest BCUT2D eigenvalue weighted by atomic mass is 9.72. The molecule has 2 aromatic rings. The summed E-state index contributed by atoms with van der Waals surface area (Å²) in [5, 5.41) is 0.757. The molecule has 3 rings (SSSR count). The van der Waals surface area contributed by atoms with Gasteiger partial charge >= 0.3 is 0 Å². The van der Waals surface area contributed by atoms with Crippen molar-refractivity contribution in [2.24, 2.45) is 0 Å². The fraction of sp³-hybridized carbons (Fsp3) is 0.200. The number of allylic oxidation sites excluding steroid dienone is 1. The first-order chi connectivity index (χ1) is 10.0. The minimum Gasteiger partial charge on any atom is -0.115 e. The largest absolute Gasteiger partial charge is 0.115 e. The van der Waals surface area contributed by atoms with Gasteiger partial charge in [0.1, 0.15) is 0 Å². The minimum absolute atomic E-state index is 0.137. The maximum atomic E-state index is 6.00. The van der Waals surface area contributed by atoms with Gasteiger partial charge in [-0.1, -0.05) is 55.6 Å². The summed E-state index contributed by atoms with van der Waals surface area (Å²) in [7, 11) is 0. The molecule has 0 radical (unpaired) electrons. The van der Waals surface area contributed by atoms with E-state index in [1.54, 1.807) is 0 Å². The standard InChI is InChI=1S/C20H17Cl/c1-4-14-5-10-19-18(13-14)17(11-12-20(19,2)3)15-6-8-16(21)9-7-15/h1,5-11,13H,12H2,2-3H3. The monoisotopic (exact) mass is 292 g/mol. The molecule has 0 fully saturated rings. The molecular weight excluding hydrogens is 276 g/mol. The van der Waals surface area contributed by atoms with E-state index in [1.807, 2.05) is 18.2 Å². The lowest BCUT2D eigenvalue weighted by molar-refractivity contribution is 0.527. The van der Waals surface area contributed by atoms with Crippen LogP contribution in [-0.4, -0.2) is 0 Å². The van der Waals surface area contributed by atoms with Gasteiger partial charge in [-0.15, -0.1) is 6.42 Å². The first kappa shape index (κ1) is 14.0. The van der Waals surface area contributed by atoms with Gasteiger partial charge in [-0.3, -0.25) is 0 Å². The summed E-state index contributed by atoms with van der Waals surface area (Å²) in [6, 6.07) is 14.3. The van der Waals surface area contributed by atoms with Crippen molar-refractivity contribution in [1.82, 2.24) is 0 Å². The first-order valence-corrected chi connectivity index (χ1v) is 7.47. The van der Waals surface area contributed by atoms with Crippen molar-refractivity contribution >= 4 is 17.2 Å². The van der Waals surface area contributed by atoms with Crippen molar-refractivity contribution in [3.63, 3.8) is 0 Å². The number of benzene rings is 2. The molecule has 1 heteroatoms. The second-order valence-electron chi connectivity index (χ2n) is 6.12. The molecule has 0 spiro atoms. The fourth-order valence-corrected chi connectivity index (χ4v) is 3.05. The molecule has 0 bridgehead atoms. The van der Waals surface area contributed by atoms with E-state index in [4.69, 9.17) is 18.0 Å². The topological polar surface area (TPSA) is 0 Å². The number of hydrogen-bond donors (Lipinski definition) is 0. The van der Waals surface area contributed by atoms with Crippen molar-refractivity contribution in [2.45, 2.75) is 25.7 Å². The number of fused-ring (bicyclic) bond motifs is 1. The van der Waals surface area contributed by atoms with Crippen LogP contribution in [0.4, 0.5) is 0 Å². The Morgan fingerprint density at radius 2 is 1.81 bits per heavy atom. The van der Waals surface area contributed by atoms with Gasteiger partial charge in [0.15, 0.2) is 0 Å². The fourth-order valence-electron chi connectivity index (χ4n) is 2.93. The highest BCUT2D eigenvalue weighted by atomic mass is 35.5. The molecule has 0 aliphatic heterocycles. The van der Waals surface area contributed by atoms with Crippen molar-refractivity contribution in [1.29, 1.82) is 0 Å². The Hall–Kier alpha value is -1.97. The summed E-state index contributed by atoms with van der Waals surface area (Å²) in [6.07, 6.45) is 8.90. The average molecular weight is 293 g/mol. The van der Waals surface area contributed by atoms with E-state index in [-0.39, 0.29) is 5.41 Å². The third kappa shape index (κ3) is 2.50. The van der Waals surface area contributed by atoms with Crippen LogP contribution in [0.3, 0.4) is 0 Å². The molecule has 0 amide bonds. The second kappa shape index (κ2) is 5.10. The van der Waals surface area contributed by atoms with Crippen molar-refractivity contribution in [3.8, 4) is 12.3 Å². The Morgan fingerprint density at radius 1 is 1.10 bits per heavy atom. The molecule has 1 aliphatic carbocycles. The molecule has 0 heterocycles. The van der Waals surface area contributed by atoms with E-state index in [1.165, 1.54) is 22.3 Å². The Kier molecular flexibility index (Phi) is 3.40. The Balaban J connectivity index is 2.19. The maximum Gasteiger partial charge on any atom is 0.0406 e. The van der Waals surface area contributed by atoms with Crippen molar-refractivity contribution < 1.29 is 0 Å².